The Kier molecular flexibility index (Phi) is 3.80. The Balaban J connectivity index is 2.28. The van der Waals surface area contributed by atoms with Crippen LogP contribution in [-0.4, -0.2) is 0 Å². The fourth-order valence-corrected chi connectivity index (χ4v) is 3.63. The second-order valence-corrected chi connectivity index (χ2v) is 6.90. The van der Waals surface area contributed by atoms with Crippen molar-refractivity contribution >= 4 is 31.9 Å². The van der Waals surface area contributed by atoms with Gasteiger partial charge in [0.05, 0.1) is 0 Å². The molecule has 0 spiro atoms. The van der Waals surface area contributed by atoms with Gasteiger partial charge in [0.2, 0.25) is 0 Å². The summed E-state index contributed by atoms with van der Waals surface area (Å²) >= 11 is 7.48. The van der Waals surface area contributed by atoms with Crippen LogP contribution in [0.15, 0.2) is 16.6 Å². The van der Waals surface area contributed by atoms with Crippen LogP contribution in [0.4, 0.5) is 0 Å². The lowest BCUT2D eigenvalue weighted by Gasteiger charge is -2.21. The Morgan fingerprint density at radius 3 is 2.38 bits per heavy atom. The molecule has 0 aliphatic heterocycles. The van der Waals surface area contributed by atoms with E-state index >= 15 is 0 Å². The van der Waals surface area contributed by atoms with Crippen molar-refractivity contribution in [1.29, 1.82) is 0 Å². The van der Waals surface area contributed by atoms with Gasteiger partial charge in [-0.3, -0.25) is 0 Å². The molecule has 0 bridgehead atoms. The lowest BCUT2D eigenvalue weighted by atomic mass is 9.93. The van der Waals surface area contributed by atoms with E-state index in [4.69, 9.17) is 0 Å². The fraction of sp³-hybridized carbons (Fsp3) is 0.571. The Morgan fingerprint density at radius 2 is 1.81 bits per heavy atom. The maximum absolute atomic E-state index is 3.89. The minimum atomic E-state index is 0.506. The number of rotatable bonds is 3. The van der Waals surface area contributed by atoms with Gasteiger partial charge in [-0.1, -0.05) is 44.8 Å². The molecule has 1 aliphatic rings. The minimum absolute atomic E-state index is 0.506. The molecular formula is C14H18Br2. The van der Waals surface area contributed by atoms with E-state index < -0.39 is 0 Å². The Labute approximate surface area is 115 Å². The molecule has 2 unspecified atom stereocenters. The summed E-state index contributed by atoms with van der Waals surface area (Å²) in [5, 5.41) is 0. The van der Waals surface area contributed by atoms with Gasteiger partial charge in [0, 0.05) is 9.30 Å². The maximum Gasteiger partial charge on any atom is 0.0426 e. The van der Waals surface area contributed by atoms with E-state index in [2.05, 4.69) is 64.8 Å². The monoisotopic (exact) mass is 344 g/mol. The summed E-state index contributed by atoms with van der Waals surface area (Å²) in [5.74, 6) is 1.69. The Bertz CT molecular complexity index is 394. The van der Waals surface area contributed by atoms with E-state index in [0.29, 0.717) is 4.83 Å². The third-order valence-electron chi connectivity index (χ3n) is 3.67. The maximum atomic E-state index is 3.89. The van der Waals surface area contributed by atoms with Gasteiger partial charge in [-0.05, 0) is 61.3 Å². The number of hydrogen-bond acceptors (Lipinski definition) is 0. The van der Waals surface area contributed by atoms with Crippen LogP contribution in [0.2, 0.25) is 0 Å². The predicted molar refractivity (Wildman–Crippen MR) is 77.2 cm³/mol. The second kappa shape index (κ2) is 4.81. The number of alkyl halides is 1. The summed E-state index contributed by atoms with van der Waals surface area (Å²) in [6.07, 6.45) is 2.83. The van der Waals surface area contributed by atoms with Crippen molar-refractivity contribution in [3.63, 3.8) is 0 Å². The van der Waals surface area contributed by atoms with Gasteiger partial charge in [-0.15, -0.1) is 0 Å². The highest BCUT2D eigenvalue weighted by atomic mass is 79.9. The van der Waals surface area contributed by atoms with Crippen molar-refractivity contribution in [2.24, 2.45) is 11.8 Å². The highest BCUT2D eigenvalue weighted by molar-refractivity contribution is 9.10. The van der Waals surface area contributed by atoms with E-state index in [1.807, 2.05) is 0 Å². The Hall–Kier alpha value is 0.180. The fourth-order valence-electron chi connectivity index (χ4n) is 2.24. The summed E-state index contributed by atoms with van der Waals surface area (Å²) < 4.78 is 1.22. The molecule has 88 valence electrons. The molecule has 0 aromatic heterocycles. The number of benzene rings is 1. The summed E-state index contributed by atoms with van der Waals surface area (Å²) in [5.41, 5.74) is 4.17. The molecule has 2 rings (SSSR count). The van der Waals surface area contributed by atoms with Gasteiger partial charge in [0.15, 0.2) is 0 Å². The molecule has 0 N–H and O–H groups in total. The van der Waals surface area contributed by atoms with Crippen molar-refractivity contribution in [2.75, 3.05) is 0 Å². The Morgan fingerprint density at radius 1 is 1.19 bits per heavy atom. The van der Waals surface area contributed by atoms with Gasteiger partial charge >= 0.3 is 0 Å². The number of aryl methyl sites for hydroxylation is 2. The first-order valence-electron chi connectivity index (χ1n) is 5.91. The normalized spacial score (nSPS) is 19.6. The van der Waals surface area contributed by atoms with Gasteiger partial charge in [0.1, 0.15) is 0 Å². The van der Waals surface area contributed by atoms with Crippen molar-refractivity contribution in [1.82, 2.24) is 0 Å². The van der Waals surface area contributed by atoms with Crippen molar-refractivity contribution in [3.05, 3.63) is 33.3 Å². The first kappa shape index (κ1) is 12.6. The molecule has 0 radical (unpaired) electrons. The van der Waals surface area contributed by atoms with Crippen LogP contribution in [0.5, 0.6) is 0 Å². The van der Waals surface area contributed by atoms with Crippen molar-refractivity contribution in [3.8, 4) is 0 Å². The molecule has 1 fully saturated rings. The van der Waals surface area contributed by atoms with Crippen LogP contribution in [-0.2, 0) is 0 Å². The van der Waals surface area contributed by atoms with Crippen molar-refractivity contribution < 1.29 is 0 Å². The van der Waals surface area contributed by atoms with Crippen LogP contribution in [0.1, 0.15) is 41.3 Å². The van der Waals surface area contributed by atoms with Gasteiger partial charge in [0.25, 0.3) is 0 Å². The third-order valence-corrected chi connectivity index (χ3v) is 5.85. The first-order valence-corrected chi connectivity index (χ1v) is 7.62. The number of halogens is 2. The minimum Gasteiger partial charge on any atom is -0.0836 e. The molecule has 16 heavy (non-hydrogen) atoms. The van der Waals surface area contributed by atoms with Gasteiger partial charge in [-0.2, -0.15) is 0 Å². The standard InChI is InChI=1S/C14H18Br2/c1-8-7-13(15)9(2)6-12(8)14(16)10(3)11-4-5-11/h6-7,10-11,14H,4-5H2,1-3H3. The van der Waals surface area contributed by atoms with E-state index in [9.17, 15) is 0 Å². The lowest BCUT2D eigenvalue weighted by molar-refractivity contribution is 0.501. The molecule has 1 aromatic rings. The molecule has 0 amide bonds. The molecule has 1 aromatic carbocycles. The molecule has 0 nitrogen and oxygen atoms in total. The summed E-state index contributed by atoms with van der Waals surface area (Å²) in [6.45, 7) is 6.73. The highest BCUT2D eigenvalue weighted by Gasteiger charge is 2.33. The van der Waals surface area contributed by atoms with Crippen LogP contribution in [0.3, 0.4) is 0 Å². The summed E-state index contributed by atoms with van der Waals surface area (Å²) in [6, 6.07) is 4.55. The second-order valence-electron chi connectivity index (χ2n) is 5.06. The highest BCUT2D eigenvalue weighted by Crippen LogP contribution is 2.47. The number of hydrogen-bond donors (Lipinski definition) is 0. The van der Waals surface area contributed by atoms with Crippen molar-refractivity contribution in [2.45, 2.75) is 38.4 Å². The largest absolute Gasteiger partial charge is 0.0836 e. The smallest absolute Gasteiger partial charge is 0.0426 e. The molecule has 2 atom stereocenters. The van der Waals surface area contributed by atoms with Crippen LogP contribution < -0.4 is 0 Å². The van der Waals surface area contributed by atoms with E-state index in [-0.39, 0.29) is 0 Å². The molecular weight excluding hydrogens is 328 g/mol. The van der Waals surface area contributed by atoms with Crippen LogP contribution in [0.25, 0.3) is 0 Å². The first-order chi connectivity index (χ1) is 7.50. The molecule has 0 heterocycles. The SMILES string of the molecule is Cc1cc(C(Br)C(C)C2CC2)c(C)cc1Br. The van der Waals surface area contributed by atoms with E-state index in [1.54, 1.807) is 0 Å². The quantitative estimate of drug-likeness (QED) is 0.630. The van der Waals surface area contributed by atoms with Gasteiger partial charge < -0.3 is 0 Å². The van der Waals surface area contributed by atoms with E-state index in [1.165, 1.54) is 34.0 Å². The zero-order valence-corrected chi connectivity index (χ0v) is 13.2. The van der Waals surface area contributed by atoms with Crippen LogP contribution in [0, 0.1) is 25.7 Å². The van der Waals surface area contributed by atoms with Crippen LogP contribution >= 0.6 is 31.9 Å². The third kappa shape index (κ3) is 2.53. The molecule has 2 heteroatoms. The zero-order valence-electron chi connectivity index (χ0n) is 10.1. The van der Waals surface area contributed by atoms with E-state index in [0.717, 1.165) is 11.8 Å². The average molecular weight is 346 g/mol. The summed E-state index contributed by atoms with van der Waals surface area (Å²) in [4.78, 5) is 0.506. The molecule has 1 saturated carbocycles. The zero-order chi connectivity index (χ0) is 11.9. The van der Waals surface area contributed by atoms with Gasteiger partial charge in [-0.25, -0.2) is 0 Å². The molecule has 0 saturated heterocycles. The molecule has 1 aliphatic carbocycles. The average Bonchev–Trinajstić information content (AvgIpc) is 3.05. The predicted octanol–water partition coefficient (Wildman–Crippen LogP) is 5.55. The lowest BCUT2D eigenvalue weighted by Crippen LogP contribution is -2.07. The summed E-state index contributed by atoms with van der Waals surface area (Å²) in [7, 11) is 0. The topological polar surface area (TPSA) is 0 Å².